The Bertz CT molecular complexity index is 555. The van der Waals surface area contributed by atoms with Gasteiger partial charge in [0.15, 0.2) is 0 Å². The Morgan fingerprint density at radius 1 is 1.26 bits per heavy atom. The molecule has 1 heterocycles. The predicted octanol–water partition coefficient (Wildman–Crippen LogP) is 2.43. The lowest BCUT2D eigenvalue weighted by Crippen LogP contribution is -2.22. The highest BCUT2D eigenvalue weighted by Crippen LogP contribution is 2.26. The quantitative estimate of drug-likeness (QED) is 0.918. The van der Waals surface area contributed by atoms with Gasteiger partial charge >= 0.3 is 6.01 Å². The summed E-state index contributed by atoms with van der Waals surface area (Å²) in [5, 5.41) is 7.78. The number of hydrogen-bond acceptors (Lipinski definition) is 5. The first kappa shape index (κ1) is 13.5. The third-order valence-corrected chi connectivity index (χ3v) is 3.06. The molecule has 0 aliphatic carbocycles. The smallest absolute Gasteiger partial charge is 0.318 e. The fraction of sp³-hybridized carbons (Fsp3) is 0.385. The van der Waals surface area contributed by atoms with E-state index in [1.165, 1.54) is 6.07 Å². The van der Waals surface area contributed by atoms with Gasteiger partial charge in [0.2, 0.25) is 5.89 Å². The maximum absolute atomic E-state index is 13.7. The Hall–Kier alpha value is -1.95. The van der Waals surface area contributed by atoms with Crippen LogP contribution in [0.25, 0.3) is 0 Å². The summed E-state index contributed by atoms with van der Waals surface area (Å²) in [6, 6.07) is 6.40. The lowest BCUT2D eigenvalue weighted by atomic mass is 10.1. The molecule has 2 aromatic rings. The summed E-state index contributed by atoms with van der Waals surface area (Å²) in [6.07, 6.45) is 0. The van der Waals surface area contributed by atoms with Gasteiger partial charge in [0, 0.05) is 12.6 Å². The zero-order valence-corrected chi connectivity index (χ0v) is 11.2. The summed E-state index contributed by atoms with van der Waals surface area (Å²) < 4.78 is 19.2. The molecule has 0 amide bonds. The molecule has 0 radical (unpaired) electrons. The minimum absolute atomic E-state index is 0.220. The molecular weight excluding hydrogens is 247 g/mol. The van der Waals surface area contributed by atoms with Crippen LogP contribution < -0.4 is 10.6 Å². The van der Waals surface area contributed by atoms with E-state index in [4.69, 9.17) is 10.2 Å². The maximum atomic E-state index is 13.7. The second kappa shape index (κ2) is 5.36. The SMILES string of the molecule is CC(N)c1nnc(N(C)C(C)c2ccccc2F)o1. The normalized spacial score (nSPS) is 14.2. The highest BCUT2D eigenvalue weighted by atomic mass is 19.1. The summed E-state index contributed by atoms with van der Waals surface area (Å²) in [4.78, 5) is 1.72. The molecule has 0 spiro atoms. The van der Waals surface area contributed by atoms with E-state index in [-0.39, 0.29) is 17.9 Å². The van der Waals surface area contributed by atoms with Gasteiger partial charge in [-0.1, -0.05) is 23.3 Å². The van der Waals surface area contributed by atoms with Crippen LogP contribution in [0.5, 0.6) is 0 Å². The molecule has 5 nitrogen and oxygen atoms in total. The predicted molar refractivity (Wildman–Crippen MR) is 70.1 cm³/mol. The van der Waals surface area contributed by atoms with Crippen molar-refractivity contribution in [1.29, 1.82) is 0 Å². The lowest BCUT2D eigenvalue weighted by molar-refractivity contribution is 0.451. The van der Waals surface area contributed by atoms with Crippen LogP contribution in [0, 0.1) is 5.82 Å². The first-order valence-electron chi connectivity index (χ1n) is 6.07. The van der Waals surface area contributed by atoms with Crippen LogP contribution >= 0.6 is 0 Å². The van der Waals surface area contributed by atoms with E-state index in [0.29, 0.717) is 17.5 Å². The summed E-state index contributed by atoms with van der Waals surface area (Å²) in [7, 11) is 1.77. The van der Waals surface area contributed by atoms with E-state index in [0.717, 1.165) is 0 Å². The van der Waals surface area contributed by atoms with E-state index in [9.17, 15) is 4.39 Å². The van der Waals surface area contributed by atoms with Gasteiger partial charge in [-0.25, -0.2) is 4.39 Å². The summed E-state index contributed by atoms with van der Waals surface area (Å²) in [5.74, 6) is 0.108. The molecule has 2 unspecified atom stereocenters. The zero-order valence-electron chi connectivity index (χ0n) is 11.2. The Morgan fingerprint density at radius 3 is 2.53 bits per heavy atom. The summed E-state index contributed by atoms with van der Waals surface area (Å²) in [6.45, 7) is 3.63. The lowest BCUT2D eigenvalue weighted by Gasteiger charge is -2.23. The Labute approximate surface area is 111 Å². The van der Waals surface area contributed by atoms with Crippen molar-refractivity contribution in [3.05, 3.63) is 41.5 Å². The van der Waals surface area contributed by atoms with Crippen molar-refractivity contribution in [1.82, 2.24) is 10.2 Å². The van der Waals surface area contributed by atoms with Crippen LogP contribution in [-0.4, -0.2) is 17.2 Å². The van der Waals surface area contributed by atoms with E-state index < -0.39 is 0 Å². The molecule has 0 saturated carbocycles. The largest absolute Gasteiger partial charge is 0.406 e. The Kier molecular flexibility index (Phi) is 3.80. The van der Waals surface area contributed by atoms with E-state index in [1.54, 1.807) is 37.1 Å². The second-order valence-corrected chi connectivity index (χ2v) is 4.52. The van der Waals surface area contributed by atoms with Crippen LogP contribution in [0.4, 0.5) is 10.4 Å². The molecule has 0 saturated heterocycles. The van der Waals surface area contributed by atoms with Gasteiger partial charge in [-0.2, -0.15) is 0 Å². The van der Waals surface area contributed by atoms with Crippen molar-refractivity contribution in [2.24, 2.45) is 5.73 Å². The number of nitrogens with two attached hydrogens (primary N) is 1. The van der Waals surface area contributed by atoms with Gasteiger partial charge in [-0.15, -0.1) is 5.10 Å². The van der Waals surface area contributed by atoms with Crippen LogP contribution in [0.2, 0.25) is 0 Å². The maximum Gasteiger partial charge on any atom is 0.318 e. The van der Waals surface area contributed by atoms with Crippen molar-refractivity contribution in [3.8, 4) is 0 Å². The van der Waals surface area contributed by atoms with Crippen LogP contribution in [0.1, 0.15) is 37.4 Å². The first-order valence-corrected chi connectivity index (χ1v) is 6.07. The Balaban J connectivity index is 2.23. The number of rotatable bonds is 4. The highest BCUT2D eigenvalue weighted by Gasteiger charge is 2.20. The van der Waals surface area contributed by atoms with Gasteiger partial charge in [-0.05, 0) is 19.9 Å². The van der Waals surface area contributed by atoms with Gasteiger partial charge in [0.25, 0.3) is 0 Å². The van der Waals surface area contributed by atoms with Crippen molar-refractivity contribution in [2.75, 3.05) is 11.9 Å². The highest BCUT2D eigenvalue weighted by molar-refractivity contribution is 5.32. The molecule has 2 atom stereocenters. The summed E-state index contributed by atoms with van der Waals surface area (Å²) >= 11 is 0. The number of aromatic nitrogens is 2. The van der Waals surface area contributed by atoms with Crippen LogP contribution in [0.3, 0.4) is 0 Å². The van der Waals surface area contributed by atoms with Crippen molar-refractivity contribution in [2.45, 2.75) is 25.9 Å². The van der Waals surface area contributed by atoms with Crippen LogP contribution in [0.15, 0.2) is 28.7 Å². The monoisotopic (exact) mass is 264 g/mol. The molecule has 102 valence electrons. The third-order valence-electron chi connectivity index (χ3n) is 3.06. The number of benzene rings is 1. The van der Waals surface area contributed by atoms with Crippen molar-refractivity contribution in [3.63, 3.8) is 0 Å². The molecule has 2 rings (SSSR count). The molecule has 1 aromatic heterocycles. The number of nitrogens with zero attached hydrogens (tertiary/aromatic N) is 3. The fourth-order valence-electron chi connectivity index (χ4n) is 1.74. The number of hydrogen-bond donors (Lipinski definition) is 1. The summed E-state index contributed by atoms with van der Waals surface area (Å²) in [5.41, 5.74) is 6.24. The molecule has 0 aliphatic heterocycles. The second-order valence-electron chi connectivity index (χ2n) is 4.52. The van der Waals surface area contributed by atoms with E-state index in [1.807, 2.05) is 6.92 Å². The third kappa shape index (κ3) is 2.73. The van der Waals surface area contributed by atoms with Crippen molar-refractivity contribution < 1.29 is 8.81 Å². The Morgan fingerprint density at radius 2 is 1.95 bits per heavy atom. The molecule has 0 bridgehead atoms. The van der Waals surface area contributed by atoms with Gasteiger partial charge < -0.3 is 15.1 Å². The molecule has 6 heteroatoms. The zero-order chi connectivity index (χ0) is 14.0. The van der Waals surface area contributed by atoms with Gasteiger partial charge in [0.1, 0.15) is 5.82 Å². The van der Waals surface area contributed by atoms with E-state index >= 15 is 0 Å². The van der Waals surface area contributed by atoms with E-state index in [2.05, 4.69) is 10.2 Å². The molecular formula is C13H17FN4O. The minimum atomic E-state index is -0.321. The van der Waals surface area contributed by atoms with Gasteiger partial charge in [-0.3, -0.25) is 0 Å². The molecule has 2 N–H and O–H groups in total. The average Bonchev–Trinajstić information content (AvgIpc) is 2.87. The van der Waals surface area contributed by atoms with Crippen molar-refractivity contribution >= 4 is 6.01 Å². The molecule has 19 heavy (non-hydrogen) atoms. The number of anilines is 1. The van der Waals surface area contributed by atoms with Crippen LogP contribution in [-0.2, 0) is 0 Å². The average molecular weight is 264 g/mol. The first-order chi connectivity index (χ1) is 9.00. The standard InChI is InChI=1S/C13H17FN4O/c1-8(15)12-16-17-13(19-12)18(3)9(2)10-6-4-5-7-11(10)14/h4-9H,15H2,1-3H3. The fourth-order valence-corrected chi connectivity index (χ4v) is 1.74. The molecule has 0 aliphatic rings. The van der Waals surface area contributed by atoms with Gasteiger partial charge in [0.05, 0.1) is 12.1 Å². The minimum Gasteiger partial charge on any atom is -0.406 e. The number of halogens is 1. The molecule has 1 aromatic carbocycles. The molecule has 0 fully saturated rings. The topological polar surface area (TPSA) is 68.2 Å².